The highest BCUT2D eigenvalue weighted by Crippen LogP contribution is 2.29. The molecule has 0 aromatic heterocycles. The molecule has 0 aliphatic heterocycles. The lowest BCUT2D eigenvalue weighted by Gasteiger charge is -2.21. The summed E-state index contributed by atoms with van der Waals surface area (Å²) in [6.07, 6.45) is 0.0841. The number of ketones is 1. The highest BCUT2D eigenvalue weighted by atomic mass is 16.8. The Bertz CT molecular complexity index is 763. The first-order valence-electron chi connectivity index (χ1n) is 6.96. The topological polar surface area (TPSA) is 145 Å². The van der Waals surface area contributed by atoms with Gasteiger partial charge in [-0.25, -0.2) is 0 Å². The van der Waals surface area contributed by atoms with Crippen molar-refractivity contribution in [3.63, 3.8) is 0 Å². The molecule has 0 fully saturated rings. The van der Waals surface area contributed by atoms with Gasteiger partial charge in [0.1, 0.15) is 5.69 Å². The van der Waals surface area contributed by atoms with Crippen LogP contribution in [0, 0.1) is 15.3 Å². The molecule has 0 saturated carbocycles. The standard InChI is InChI=1S/C15H15N4O5/c16-12-4-2-1-3-11(12)15(20)7-8-17-13-6-5-10(18(21)22)9-14(13)19(23)24/h1-6,9,17,21H,7-8,16H2/q-1. The van der Waals surface area contributed by atoms with E-state index >= 15 is 0 Å². The maximum Gasteiger partial charge on any atom is 0.294 e. The lowest BCUT2D eigenvalue weighted by atomic mass is 10.1. The quantitative estimate of drug-likeness (QED) is 0.304. The van der Waals surface area contributed by atoms with Gasteiger partial charge >= 0.3 is 0 Å². The van der Waals surface area contributed by atoms with Gasteiger partial charge < -0.3 is 21.5 Å². The van der Waals surface area contributed by atoms with Gasteiger partial charge in [-0.05, 0) is 24.3 Å². The molecule has 0 aliphatic carbocycles. The van der Waals surface area contributed by atoms with Crippen molar-refractivity contribution >= 4 is 28.5 Å². The summed E-state index contributed by atoms with van der Waals surface area (Å²) in [5.41, 5.74) is 5.99. The maximum absolute atomic E-state index is 12.1. The van der Waals surface area contributed by atoms with Crippen LogP contribution < -0.4 is 16.3 Å². The summed E-state index contributed by atoms with van der Waals surface area (Å²) in [4.78, 5) is 22.4. The summed E-state index contributed by atoms with van der Waals surface area (Å²) in [5.74, 6) is -0.194. The summed E-state index contributed by atoms with van der Waals surface area (Å²) in [6.45, 7) is 0.146. The Balaban J connectivity index is 2.05. The number of nitro benzene ring substituents is 1. The Morgan fingerprint density at radius 2 is 2.00 bits per heavy atom. The van der Waals surface area contributed by atoms with Crippen LogP contribution in [0.3, 0.4) is 0 Å². The lowest BCUT2D eigenvalue weighted by molar-refractivity contribution is -0.383. The number of nitrogen functional groups attached to an aromatic ring is 1. The van der Waals surface area contributed by atoms with E-state index in [0.717, 1.165) is 6.07 Å². The molecular weight excluding hydrogens is 316 g/mol. The minimum Gasteiger partial charge on any atom is -0.733 e. The first-order chi connectivity index (χ1) is 11.4. The molecule has 24 heavy (non-hydrogen) atoms. The second-order valence-corrected chi connectivity index (χ2v) is 4.92. The zero-order valence-electron chi connectivity index (χ0n) is 12.5. The summed E-state index contributed by atoms with van der Waals surface area (Å²) < 4.78 is 0. The molecule has 0 bridgehead atoms. The first kappa shape index (κ1) is 17.2. The summed E-state index contributed by atoms with van der Waals surface area (Å²) >= 11 is 0. The number of anilines is 3. The average molecular weight is 331 g/mol. The molecule has 2 rings (SSSR count). The van der Waals surface area contributed by atoms with Crippen molar-refractivity contribution in [2.45, 2.75) is 6.42 Å². The number of carbonyl (C=O) groups is 1. The Labute approximate surface area is 137 Å². The maximum atomic E-state index is 12.1. The molecule has 0 unspecified atom stereocenters. The summed E-state index contributed by atoms with van der Waals surface area (Å²) in [5, 5.41) is 33.0. The SMILES string of the molecule is Nc1ccccc1C(=O)CCNc1ccc(N([O-])O)cc1[N+](=O)[O-]. The molecule has 0 amide bonds. The van der Waals surface area contributed by atoms with Crippen molar-refractivity contribution in [2.24, 2.45) is 0 Å². The number of hydrogen-bond donors (Lipinski definition) is 3. The number of carbonyl (C=O) groups excluding carboxylic acids is 1. The van der Waals surface area contributed by atoms with Crippen LogP contribution in [0.2, 0.25) is 0 Å². The van der Waals surface area contributed by atoms with E-state index in [4.69, 9.17) is 10.9 Å². The average Bonchev–Trinajstić information content (AvgIpc) is 2.55. The third-order valence-electron chi connectivity index (χ3n) is 3.33. The van der Waals surface area contributed by atoms with Gasteiger partial charge in [0.2, 0.25) is 0 Å². The smallest absolute Gasteiger partial charge is 0.294 e. The molecule has 9 nitrogen and oxygen atoms in total. The summed E-state index contributed by atoms with van der Waals surface area (Å²) in [7, 11) is 0. The van der Waals surface area contributed by atoms with Gasteiger partial charge in [0.25, 0.3) is 5.69 Å². The Kier molecular flexibility index (Phi) is 5.30. The second-order valence-electron chi connectivity index (χ2n) is 4.92. The van der Waals surface area contributed by atoms with Crippen LogP contribution >= 0.6 is 0 Å². The minimum absolute atomic E-state index is 0.0841. The number of nitro groups is 1. The lowest BCUT2D eigenvalue weighted by Crippen LogP contribution is -2.12. The van der Waals surface area contributed by atoms with Crippen LogP contribution in [0.25, 0.3) is 0 Å². The number of Topliss-reactive ketones (excluding diaryl/α,β-unsaturated/α-hetero) is 1. The molecular formula is C15H15N4O5-. The number of nitrogens with one attached hydrogen (secondary N) is 1. The molecule has 0 aliphatic rings. The molecule has 4 N–H and O–H groups in total. The van der Waals surface area contributed by atoms with E-state index in [-0.39, 0.29) is 35.8 Å². The number of hydrogen-bond acceptors (Lipinski definition) is 8. The van der Waals surface area contributed by atoms with Gasteiger partial charge in [-0.3, -0.25) is 20.1 Å². The normalized spacial score (nSPS) is 10.2. The number of nitrogens with two attached hydrogens (primary N) is 1. The fourth-order valence-corrected chi connectivity index (χ4v) is 2.14. The molecule has 0 saturated heterocycles. The predicted octanol–water partition coefficient (Wildman–Crippen LogP) is 2.56. The largest absolute Gasteiger partial charge is 0.733 e. The number of para-hydroxylation sites is 1. The fraction of sp³-hybridized carbons (Fsp3) is 0.133. The molecule has 0 atom stereocenters. The molecule has 2 aromatic rings. The van der Waals surface area contributed by atoms with E-state index < -0.39 is 10.1 Å². The van der Waals surface area contributed by atoms with Crippen molar-refractivity contribution in [2.75, 3.05) is 22.8 Å². The molecule has 9 heteroatoms. The van der Waals surface area contributed by atoms with Crippen LogP contribution in [0.1, 0.15) is 16.8 Å². The second kappa shape index (κ2) is 7.40. The number of nitrogens with zero attached hydrogens (tertiary/aromatic N) is 2. The fourth-order valence-electron chi connectivity index (χ4n) is 2.14. The van der Waals surface area contributed by atoms with Gasteiger partial charge in [0, 0.05) is 30.3 Å². The van der Waals surface area contributed by atoms with E-state index in [0.29, 0.717) is 11.3 Å². The van der Waals surface area contributed by atoms with Crippen LogP contribution in [-0.4, -0.2) is 22.5 Å². The van der Waals surface area contributed by atoms with Gasteiger partial charge in [0.05, 0.1) is 10.6 Å². The number of rotatable bonds is 7. The van der Waals surface area contributed by atoms with Crippen molar-refractivity contribution in [3.8, 4) is 0 Å². The third-order valence-corrected chi connectivity index (χ3v) is 3.33. The predicted molar refractivity (Wildman–Crippen MR) is 89.0 cm³/mol. The summed E-state index contributed by atoms with van der Waals surface area (Å²) in [6, 6.07) is 10.1. The van der Waals surface area contributed by atoms with E-state index in [1.54, 1.807) is 24.3 Å². The molecule has 0 spiro atoms. The highest BCUT2D eigenvalue weighted by Gasteiger charge is 2.16. The number of benzene rings is 2. The van der Waals surface area contributed by atoms with E-state index in [1.807, 2.05) is 0 Å². The Morgan fingerprint density at radius 3 is 2.62 bits per heavy atom. The molecule has 0 heterocycles. The van der Waals surface area contributed by atoms with Crippen molar-refractivity contribution in [1.82, 2.24) is 0 Å². The van der Waals surface area contributed by atoms with Gasteiger partial charge in [-0.2, -0.15) is 0 Å². The molecule has 2 aromatic carbocycles. The zero-order valence-corrected chi connectivity index (χ0v) is 12.5. The van der Waals surface area contributed by atoms with Crippen LogP contribution in [0.4, 0.5) is 22.7 Å². The van der Waals surface area contributed by atoms with Crippen LogP contribution in [-0.2, 0) is 0 Å². The minimum atomic E-state index is -0.688. The van der Waals surface area contributed by atoms with Crippen LogP contribution in [0.15, 0.2) is 42.5 Å². The van der Waals surface area contributed by atoms with Gasteiger partial charge in [-0.15, -0.1) is 0 Å². The highest BCUT2D eigenvalue weighted by molar-refractivity contribution is 6.00. The Hall–Kier alpha value is -3.17. The first-order valence-corrected chi connectivity index (χ1v) is 6.96. The van der Waals surface area contributed by atoms with Crippen LogP contribution in [0.5, 0.6) is 0 Å². The monoisotopic (exact) mass is 331 g/mol. The van der Waals surface area contributed by atoms with E-state index in [1.165, 1.54) is 12.1 Å². The van der Waals surface area contributed by atoms with E-state index in [2.05, 4.69) is 5.32 Å². The zero-order chi connectivity index (χ0) is 17.7. The molecule has 126 valence electrons. The molecule has 0 radical (unpaired) electrons. The van der Waals surface area contributed by atoms with Gasteiger partial charge in [0.15, 0.2) is 5.78 Å². The third kappa shape index (κ3) is 3.97. The van der Waals surface area contributed by atoms with Crippen molar-refractivity contribution < 1.29 is 14.9 Å². The Morgan fingerprint density at radius 1 is 1.29 bits per heavy atom. The van der Waals surface area contributed by atoms with Crippen molar-refractivity contribution in [3.05, 3.63) is 63.3 Å². The van der Waals surface area contributed by atoms with Gasteiger partial charge in [-0.1, -0.05) is 12.1 Å². The van der Waals surface area contributed by atoms with Crippen molar-refractivity contribution in [1.29, 1.82) is 0 Å². The van der Waals surface area contributed by atoms with E-state index in [9.17, 15) is 20.1 Å².